The highest BCUT2D eigenvalue weighted by molar-refractivity contribution is 5.80. The number of ether oxygens (including phenoxy) is 1. The van der Waals surface area contributed by atoms with Gasteiger partial charge in [0.25, 0.3) is 0 Å². The topological polar surface area (TPSA) is 73.4 Å². The van der Waals surface area contributed by atoms with Crippen molar-refractivity contribution in [3.8, 4) is 5.75 Å². The van der Waals surface area contributed by atoms with E-state index in [2.05, 4.69) is 11.9 Å². The first-order chi connectivity index (χ1) is 16.4. The largest absolute Gasteiger partial charge is 0.490 e. The number of carbonyl (C=O) groups is 3. The Balaban J connectivity index is 1.40. The maximum Gasteiger partial charge on any atom is 0.225 e. The fourth-order valence-corrected chi connectivity index (χ4v) is 5.34. The van der Waals surface area contributed by atoms with Gasteiger partial charge in [-0.05, 0) is 32.0 Å². The maximum absolute atomic E-state index is 13.3. The Morgan fingerprint density at radius 3 is 2.15 bits per heavy atom. The minimum Gasteiger partial charge on any atom is -0.490 e. The van der Waals surface area contributed by atoms with Crippen LogP contribution >= 0.6 is 0 Å². The fraction of sp³-hybridized carbons (Fsp3) is 0.654. The van der Waals surface area contributed by atoms with Crippen molar-refractivity contribution in [2.24, 2.45) is 11.8 Å². The summed E-state index contributed by atoms with van der Waals surface area (Å²) in [6, 6.07) is 9.75. The van der Waals surface area contributed by atoms with Gasteiger partial charge in [0.2, 0.25) is 17.7 Å². The molecule has 3 aliphatic heterocycles. The minimum absolute atomic E-state index is 0.0395. The molecule has 34 heavy (non-hydrogen) atoms. The molecule has 3 heterocycles. The smallest absolute Gasteiger partial charge is 0.225 e. The molecule has 0 saturated carbocycles. The quantitative estimate of drug-likeness (QED) is 0.655. The molecule has 8 nitrogen and oxygen atoms in total. The molecule has 0 bridgehead atoms. The summed E-state index contributed by atoms with van der Waals surface area (Å²) in [4.78, 5) is 46.1. The first-order valence-electron chi connectivity index (χ1n) is 12.6. The van der Waals surface area contributed by atoms with Gasteiger partial charge in [-0.2, -0.15) is 0 Å². The third-order valence-corrected chi connectivity index (χ3v) is 7.59. The van der Waals surface area contributed by atoms with Crippen molar-refractivity contribution < 1.29 is 19.1 Å². The van der Waals surface area contributed by atoms with E-state index in [-0.39, 0.29) is 35.7 Å². The maximum atomic E-state index is 13.3. The zero-order chi connectivity index (χ0) is 24.1. The second-order valence-corrected chi connectivity index (χ2v) is 9.97. The first kappa shape index (κ1) is 24.5. The molecule has 0 aromatic heterocycles. The van der Waals surface area contributed by atoms with Crippen molar-refractivity contribution in [2.75, 3.05) is 59.4 Å². The van der Waals surface area contributed by atoms with Crippen LogP contribution in [0.5, 0.6) is 5.75 Å². The van der Waals surface area contributed by atoms with Crippen molar-refractivity contribution in [1.82, 2.24) is 19.6 Å². The molecule has 4 rings (SSSR count). The van der Waals surface area contributed by atoms with Gasteiger partial charge >= 0.3 is 0 Å². The molecule has 3 amide bonds. The van der Waals surface area contributed by atoms with E-state index >= 15 is 0 Å². The first-order valence-corrected chi connectivity index (χ1v) is 12.6. The van der Waals surface area contributed by atoms with Crippen molar-refractivity contribution in [3.05, 3.63) is 30.3 Å². The Morgan fingerprint density at radius 1 is 0.853 bits per heavy atom. The number of amides is 3. The predicted octanol–water partition coefficient (Wildman–Crippen LogP) is 1.71. The Bertz CT molecular complexity index is 848. The number of hydrogen-bond acceptors (Lipinski definition) is 5. The number of benzene rings is 1. The Kier molecular flexibility index (Phi) is 8.08. The van der Waals surface area contributed by atoms with E-state index in [9.17, 15) is 14.4 Å². The van der Waals surface area contributed by atoms with Gasteiger partial charge in [0.1, 0.15) is 11.9 Å². The average molecular weight is 471 g/mol. The lowest BCUT2D eigenvalue weighted by Gasteiger charge is -2.41. The van der Waals surface area contributed by atoms with Crippen LogP contribution in [0.1, 0.15) is 32.6 Å². The number of piperidine rings is 2. The molecule has 1 aromatic carbocycles. The van der Waals surface area contributed by atoms with Crippen LogP contribution < -0.4 is 4.74 Å². The van der Waals surface area contributed by atoms with E-state index in [1.54, 1.807) is 6.92 Å². The van der Waals surface area contributed by atoms with Gasteiger partial charge in [-0.15, -0.1) is 0 Å². The number of likely N-dealkylation sites (tertiary alicyclic amines) is 2. The minimum atomic E-state index is -0.0950. The average Bonchev–Trinajstić information content (AvgIpc) is 2.85. The summed E-state index contributed by atoms with van der Waals surface area (Å²) in [7, 11) is 2.08. The fourth-order valence-electron chi connectivity index (χ4n) is 5.34. The van der Waals surface area contributed by atoms with E-state index in [0.29, 0.717) is 51.9 Å². The Hall–Kier alpha value is -2.61. The van der Waals surface area contributed by atoms with E-state index in [0.717, 1.165) is 31.9 Å². The number of likely N-dealkylation sites (N-methyl/N-ethyl adjacent to an activating group) is 1. The number of hydrogen-bond donors (Lipinski definition) is 0. The van der Waals surface area contributed by atoms with Crippen molar-refractivity contribution in [2.45, 2.75) is 38.7 Å². The summed E-state index contributed by atoms with van der Waals surface area (Å²) in [6.07, 6.45) is 2.44. The van der Waals surface area contributed by atoms with Crippen LogP contribution in [0.4, 0.5) is 0 Å². The second-order valence-electron chi connectivity index (χ2n) is 9.97. The van der Waals surface area contributed by atoms with Crippen LogP contribution in [-0.2, 0) is 14.4 Å². The summed E-state index contributed by atoms with van der Waals surface area (Å²) in [6.45, 7) is 7.35. The van der Waals surface area contributed by atoms with Crippen molar-refractivity contribution in [3.63, 3.8) is 0 Å². The molecule has 0 aliphatic carbocycles. The molecule has 8 heteroatoms. The van der Waals surface area contributed by atoms with E-state index < -0.39 is 0 Å². The van der Waals surface area contributed by atoms with E-state index in [1.807, 2.05) is 45.0 Å². The molecule has 3 saturated heterocycles. The molecule has 3 aliphatic rings. The number of piperazine rings is 1. The molecule has 2 atom stereocenters. The highest BCUT2D eigenvalue weighted by Crippen LogP contribution is 2.29. The van der Waals surface area contributed by atoms with Crippen LogP contribution in [0.15, 0.2) is 30.3 Å². The number of nitrogens with zero attached hydrogens (tertiary/aromatic N) is 4. The van der Waals surface area contributed by atoms with Crippen LogP contribution in [-0.4, -0.2) is 103 Å². The summed E-state index contributed by atoms with van der Waals surface area (Å²) >= 11 is 0. The van der Waals surface area contributed by atoms with Crippen LogP contribution in [0.3, 0.4) is 0 Å². The molecule has 0 spiro atoms. The lowest BCUT2D eigenvalue weighted by Crippen LogP contribution is -2.53. The van der Waals surface area contributed by atoms with Crippen molar-refractivity contribution in [1.29, 1.82) is 0 Å². The Labute approximate surface area is 202 Å². The second kappa shape index (κ2) is 11.2. The lowest BCUT2D eigenvalue weighted by molar-refractivity contribution is -0.144. The van der Waals surface area contributed by atoms with Gasteiger partial charge in [-0.3, -0.25) is 14.4 Å². The summed E-state index contributed by atoms with van der Waals surface area (Å²) in [5.41, 5.74) is 0. The number of rotatable bonds is 5. The summed E-state index contributed by atoms with van der Waals surface area (Å²) < 4.78 is 6.33. The third-order valence-electron chi connectivity index (χ3n) is 7.59. The predicted molar refractivity (Wildman–Crippen MR) is 129 cm³/mol. The molecular weight excluding hydrogens is 432 g/mol. The zero-order valence-electron chi connectivity index (χ0n) is 20.5. The van der Waals surface area contributed by atoms with Gasteiger partial charge in [0, 0.05) is 84.0 Å². The van der Waals surface area contributed by atoms with Gasteiger partial charge in [-0.25, -0.2) is 0 Å². The van der Waals surface area contributed by atoms with Gasteiger partial charge in [-0.1, -0.05) is 18.2 Å². The number of carbonyl (C=O) groups excluding carboxylic acids is 3. The highest BCUT2D eigenvalue weighted by Gasteiger charge is 2.38. The molecule has 0 radical (unpaired) electrons. The monoisotopic (exact) mass is 470 g/mol. The normalized spacial score (nSPS) is 24.7. The Morgan fingerprint density at radius 2 is 1.50 bits per heavy atom. The lowest BCUT2D eigenvalue weighted by atomic mass is 9.88. The summed E-state index contributed by atoms with van der Waals surface area (Å²) in [5.74, 6) is 1.12. The van der Waals surface area contributed by atoms with Crippen molar-refractivity contribution >= 4 is 17.7 Å². The van der Waals surface area contributed by atoms with Crippen LogP contribution in [0.25, 0.3) is 0 Å². The standard InChI is InChI=1S/C26H38N4O4/c1-20(31)28-11-8-21(9-12-28)26(33)30-13-10-24(34-23-6-4-3-5-7-23)22(19-30)18-25(32)29-16-14-27(2)15-17-29/h3-7,21-22,24H,8-19H2,1-2H3/t22-,24-/m0/s1. The number of para-hydroxylation sites is 1. The van der Waals surface area contributed by atoms with E-state index in [1.165, 1.54) is 0 Å². The molecule has 0 unspecified atom stereocenters. The molecule has 0 N–H and O–H groups in total. The zero-order valence-corrected chi connectivity index (χ0v) is 20.5. The van der Waals surface area contributed by atoms with Crippen LogP contribution in [0, 0.1) is 11.8 Å². The van der Waals surface area contributed by atoms with Gasteiger partial charge in [0.05, 0.1) is 0 Å². The van der Waals surface area contributed by atoms with Crippen LogP contribution in [0.2, 0.25) is 0 Å². The van der Waals surface area contributed by atoms with Gasteiger partial charge < -0.3 is 24.3 Å². The SMILES string of the molecule is CC(=O)N1CCC(C(=O)N2CC[C@H](Oc3ccccc3)[C@@H](CC(=O)N3CCN(C)CC3)C2)CC1. The summed E-state index contributed by atoms with van der Waals surface area (Å²) in [5, 5.41) is 0. The molecule has 186 valence electrons. The third kappa shape index (κ3) is 6.09. The molecule has 3 fully saturated rings. The molecular formula is C26H38N4O4. The molecule has 1 aromatic rings. The van der Waals surface area contributed by atoms with Gasteiger partial charge in [0.15, 0.2) is 0 Å². The van der Waals surface area contributed by atoms with E-state index in [4.69, 9.17) is 4.74 Å². The highest BCUT2D eigenvalue weighted by atomic mass is 16.5.